The van der Waals surface area contributed by atoms with Crippen LogP contribution in [0.25, 0.3) is 0 Å². The van der Waals surface area contributed by atoms with Crippen LogP contribution in [0.2, 0.25) is 0 Å². The van der Waals surface area contributed by atoms with Gasteiger partial charge in [-0.3, -0.25) is 0 Å². The normalized spacial score (nSPS) is 13.3. The topological polar surface area (TPSA) is 41.1 Å². The first kappa shape index (κ1) is 16.9. The highest BCUT2D eigenvalue weighted by molar-refractivity contribution is 5.75. The second-order valence-electron chi connectivity index (χ2n) is 3.64. The molecule has 3 nitrogen and oxygen atoms in total. The highest BCUT2D eigenvalue weighted by Crippen LogP contribution is 2.45. The quantitative estimate of drug-likeness (QED) is 0.764. The summed E-state index contributed by atoms with van der Waals surface area (Å²) in [6, 6.07) is -1.49. The lowest BCUT2D eigenvalue weighted by Gasteiger charge is -2.37. The molecule has 108 valence electrons. The Morgan fingerprint density at radius 2 is 1.44 bits per heavy atom. The van der Waals surface area contributed by atoms with Crippen LogP contribution in [0.4, 0.5) is 31.1 Å². The Kier molecular flexibility index (Phi) is 5.30. The molecule has 0 aliphatic rings. The van der Waals surface area contributed by atoms with E-state index in [-0.39, 0.29) is 6.54 Å². The van der Waals surface area contributed by atoms with Crippen molar-refractivity contribution in [1.29, 1.82) is 0 Å². The van der Waals surface area contributed by atoms with Gasteiger partial charge in [0.05, 0.1) is 0 Å². The molecule has 0 aliphatic carbocycles. The van der Waals surface area contributed by atoms with E-state index in [1.807, 2.05) is 5.32 Å². The van der Waals surface area contributed by atoms with Crippen LogP contribution in [-0.4, -0.2) is 30.5 Å². The highest BCUT2D eigenvalue weighted by Gasteiger charge is 2.70. The molecule has 0 rings (SSSR count). The number of carbonyl (C=O) groups excluding carboxylic acids is 1. The van der Waals surface area contributed by atoms with Crippen LogP contribution in [0.15, 0.2) is 0 Å². The van der Waals surface area contributed by atoms with Crippen LogP contribution in [-0.2, 0) is 0 Å². The van der Waals surface area contributed by atoms with E-state index in [2.05, 4.69) is 0 Å². The molecule has 0 saturated carbocycles. The average molecular weight is 280 g/mol. The van der Waals surface area contributed by atoms with Gasteiger partial charge in [0.15, 0.2) is 0 Å². The molecule has 0 aromatic heterocycles. The van der Waals surface area contributed by atoms with E-state index >= 15 is 0 Å². The Morgan fingerprint density at radius 3 is 1.72 bits per heavy atom. The summed E-state index contributed by atoms with van der Waals surface area (Å²) < 4.78 is 75.5. The first-order valence-corrected chi connectivity index (χ1v) is 5.21. The monoisotopic (exact) mass is 280 g/mol. The van der Waals surface area contributed by atoms with Gasteiger partial charge < -0.3 is 10.6 Å². The lowest BCUT2D eigenvalue weighted by atomic mass is 9.94. The van der Waals surface area contributed by atoms with E-state index in [1.165, 1.54) is 0 Å². The molecule has 18 heavy (non-hydrogen) atoms. The number of alkyl halides is 6. The number of amides is 2. The lowest BCUT2D eigenvalue weighted by Crippen LogP contribution is -2.68. The maximum Gasteiger partial charge on any atom is 0.420 e. The Hall–Kier alpha value is -1.15. The van der Waals surface area contributed by atoms with Crippen LogP contribution < -0.4 is 10.6 Å². The first-order valence-electron chi connectivity index (χ1n) is 5.21. The number of hydrogen-bond acceptors (Lipinski definition) is 1. The molecule has 2 amide bonds. The number of rotatable bonds is 4. The zero-order chi connectivity index (χ0) is 14.6. The Bertz CT molecular complexity index is 272. The molecule has 0 aliphatic heterocycles. The Labute approximate surface area is 99.9 Å². The predicted octanol–water partition coefficient (Wildman–Crippen LogP) is 2.97. The molecular weight excluding hydrogens is 266 g/mol. The van der Waals surface area contributed by atoms with Crippen molar-refractivity contribution in [3.8, 4) is 0 Å². The minimum Gasteiger partial charge on any atom is -0.338 e. The number of hydrogen-bond donors (Lipinski definition) is 2. The number of carbonyl (C=O) groups is 1. The third-order valence-electron chi connectivity index (χ3n) is 2.36. The fraction of sp³-hybridized carbons (Fsp3) is 0.889. The van der Waals surface area contributed by atoms with Crippen molar-refractivity contribution in [2.24, 2.45) is 0 Å². The van der Waals surface area contributed by atoms with Crippen molar-refractivity contribution in [3.05, 3.63) is 0 Å². The van der Waals surface area contributed by atoms with Gasteiger partial charge in [0.25, 0.3) is 0 Å². The fourth-order valence-corrected chi connectivity index (χ4v) is 1.27. The van der Waals surface area contributed by atoms with Crippen LogP contribution >= 0.6 is 0 Å². The highest BCUT2D eigenvalue weighted by atomic mass is 19.4. The van der Waals surface area contributed by atoms with Gasteiger partial charge in [-0.25, -0.2) is 4.79 Å². The molecule has 0 heterocycles. The molecule has 0 unspecified atom stereocenters. The van der Waals surface area contributed by atoms with Crippen LogP contribution in [0.5, 0.6) is 0 Å². The van der Waals surface area contributed by atoms with E-state index in [9.17, 15) is 31.1 Å². The summed E-state index contributed by atoms with van der Waals surface area (Å²) in [6.45, 7) is 2.31. The van der Waals surface area contributed by atoms with E-state index < -0.39 is 30.3 Å². The third kappa shape index (κ3) is 3.42. The number of halogens is 6. The second-order valence-corrected chi connectivity index (χ2v) is 3.64. The average Bonchev–Trinajstić information content (AvgIpc) is 2.19. The van der Waals surface area contributed by atoms with Crippen molar-refractivity contribution in [2.45, 2.75) is 44.6 Å². The van der Waals surface area contributed by atoms with E-state index in [0.717, 1.165) is 5.32 Å². The van der Waals surface area contributed by atoms with Crippen LogP contribution in [0.3, 0.4) is 0 Å². The van der Waals surface area contributed by atoms with Gasteiger partial charge in [-0.05, 0) is 12.8 Å². The van der Waals surface area contributed by atoms with E-state index in [0.29, 0.717) is 13.3 Å². The summed E-state index contributed by atoms with van der Waals surface area (Å²) in [4.78, 5) is 11.0. The molecule has 0 spiro atoms. The molecule has 9 heteroatoms. The molecule has 0 fully saturated rings. The van der Waals surface area contributed by atoms with Gasteiger partial charge in [-0.2, -0.15) is 26.3 Å². The van der Waals surface area contributed by atoms with Gasteiger partial charge in [0.2, 0.25) is 5.54 Å². The van der Waals surface area contributed by atoms with E-state index in [4.69, 9.17) is 0 Å². The van der Waals surface area contributed by atoms with Crippen molar-refractivity contribution in [2.75, 3.05) is 6.54 Å². The van der Waals surface area contributed by atoms with Gasteiger partial charge in [-0.15, -0.1) is 0 Å². The minimum absolute atomic E-state index is 0.0126. The first-order chi connectivity index (χ1) is 8.02. The smallest absolute Gasteiger partial charge is 0.338 e. The Balaban J connectivity index is 5.18. The summed E-state index contributed by atoms with van der Waals surface area (Å²) >= 11 is 0. The van der Waals surface area contributed by atoms with Crippen LogP contribution in [0, 0.1) is 0 Å². The zero-order valence-corrected chi connectivity index (χ0v) is 9.80. The van der Waals surface area contributed by atoms with Crippen molar-refractivity contribution >= 4 is 6.03 Å². The van der Waals surface area contributed by atoms with Crippen LogP contribution in [0.1, 0.15) is 26.7 Å². The predicted molar refractivity (Wildman–Crippen MR) is 52.0 cm³/mol. The second kappa shape index (κ2) is 5.66. The molecule has 0 atom stereocenters. The molecule has 0 radical (unpaired) electrons. The molecule has 2 N–H and O–H groups in total. The Morgan fingerprint density at radius 1 is 1.00 bits per heavy atom. The zero-order valence-electron chi connectivity index (χ0n) is 9.80. The molecule has 0 bridgehead atoms. The molecular formula is C9H14F6N2O. The number of urea groups is 1. The van der Waals surface area contributed by atoms with Crippen molar-refractivity contribution in [1.82, 2.24) is 10.6 Å². The summed E-state index contributed by atoms with van der Waals surface area (Å²) in [5.74, 6) is 0. The third-order valence-corrected chi connectivity index (χ3v) is 2.36. The molecule has 0 aromatic rings. The van der Waals surface area contributed by atoms with E-state index in [1.54, 1.807) is 6.92 Å². The van der Waals surface area contributed by atoms with Gasteiger partial charge in [0.1, 0.15) is 0 Å². The summed E-state index contributed by atoms with van der Waals surface area (Å²) in [5, 5.41) is 2.91. The maximum absolute atomic E-state index is 12.6. The molecule has 0 aromatic carbocycles. The summed E-state index contributed by atoms with van der Waals surface area (Å²) in [7, 11) is 0. The summed E-state index contributed by atoms with van der Waals surface area (Å²) in [6.07, 6.45) is -12.2. The lowest BCUT2D eigenvalue weighted by molar-refractivity contribution is -0.304. The van der Waals surface area contributed by atoms with Gasteiger partial charge in [0, 0.05) is 6.54 Å². The largest absolute Gasteiger partial charge is 0.420 e. The van der Waals surface area contributed by atoms with Gasteiger partial charge in [-0.1, -0.05) is 13.8 Å². The molecule has 0 saturated heterocycles. The summed E-state index contributed by atoms with van der Waals surface area (Å²) in [5.41, 5.74) is -4.22. The standard InChI is InChI=1S/C9H14F6N2O/c1-3-5-16-6(18)17-7(4-2,8(10,11)12)9(13,14)15/h3-5H2,1-2H3,(H2,16,17,18). The SMILES string of the molecule is CCCNC(=O)NC(CC)(C(F)(F)F)C(F)(F)F. The van der Waals surface area contributed by atoms with Crippen molar-refractivity contribution in [3.63, 3.8) is 0 Å². The van der Waals surface area contributed by atoms with Crippen molar-refractivity contribution < 1.29 is 31.1 Å². The van der Waals surface area contributed by atoms with Gasteiger partial charge >= 0.3 is 18.4 Å². The minimum atomic E-state index is -5.62. The fourth-order valence-electron chi connectivity index (χ4n) is 1.27. The number of nitrogens with one attached hydrogen (secondary N) is 2. The maximum atomic E-state index is 12.6.